The van der Waals surface area contributed by atoms with Gasteiger partial charge >= 0.3 is 0 Å². The Hall–Kier alpha value is -3.04. The average Bonchev–Trinajstić information content (AvgIpc) is 2.74. The van der Waals surface area contributed by atoms with E-state index >= 15 is 0 Å². The number of nitrogens with zero attached hydrogens (tertiary/aromatic N) is 2. The Kier molecular flexibility index (Phi) is 4.38. The highest BCUT2D eigenvalue weighted by atomic mass is 79.9. The highest BCUT2D eigenvalue weighted by Gasteiger charge is 2.12. The van der Waals surface area contributed by atoms with Crippen LogP contribution >= 0.6 is 15.9 Å². The molecule has 0 amide bonds. The molecule has 0 saturated heterocycles. The van der Waals surface area contributed by atoms with Gasteiger partial charge in [-0.05, 0) is 46.7 Å². The Labute approximate surface area is 172 Å². The van der Waals surface area contributed by atoms with Crippen LogP contribution in [0.3, 0.4) is 0 Å². The van der Waals surface area contributed by atoms with E-state index in [1.165, 1.54) is 16.3 Å². The average molecular weight is 425 g/mol. The molecule has 0 bridgehead atoms. The number of benzene rings is 4. The third-order valence-corrected chi connectivity index (χ3v) is 5.48. The number of aromatic nitrogens is 2. The minimum Gasteiger partial charge on any atom is -0.249 e. The van der Waals surface area contributed by atoms with E-state index in [-0.39, 0.29) is 0 Å². The molecule has 5 aromatic rings. The first kappa shape index (κ1) is 17.1. The summed E-state index contributed by atoms with van der Waals surface area (Å²) in [4.78, 5) is 9.97. The topological polar surface area (TPSA) is 25.8 Å². The third-order valence-electron chi connectivity index (χ3n) is 4.95. The molecule has 0 N–H and O–H groups in total. The Morgan fingerprint density at radius 3 is 2.11 bits per heavy atom. The molecule has 0 fully saturated rings. The Morgan fingerprint density at radius 1 is 0.643 bits per heavy atom. The summed E-state index contributed by atoms with van der Waals surface area (Å²) in [6, 6.07) is 31.4. The van der Waals surface area contributed by atoms with Gasteiger partial charge in [0.05, 0.1) is 22.4 Å². The van der Waals surface area contributed by atoms with Crippen molar-refractivity contribution >= 4 is 37.7 Å². The second kappa shape index (κ2) is 7.17. The number of rotatable bonds is 3. The van der Waals surface area contributed by atoms with Crippen molar-refractivity contribution in [3.8, 4) is 11.3 Å². The maximum atomic E-state index is 4.99. The number of hydrogen-bond acceptors (Lipinski definition) is 2. The summed E-state index contributed by atoms with van der Waals surface area (Å²) in [5.74, 6) is 0. The molecule has 0 saturated carbocycles. The van der Waals surface area contributed by atoms with Crippen molar-refractivity contribution in [2.75, 3.05) is 0 Å². The van der Waals surface area contributed by atoms with Gasteiger partial charge in [0.1, 0.15) is 0 Å². The normalized spacial score (nSPS) is 11.2. The van der Waals surface area contributed by atoms with Crippen LogP contribution in [0.25, 0.3) is 33.1 Å². The molecule has 0 aliphatic carbocycles. The predicted molar refractivity (Wildman–Crippen MR) is 119 cm³/mol. The Bertz CT molecular complexity index is 1290. The second-order valence-corrected chi connectivity index (χ2v) is 7.79. The molecule has 2 nitrogen and oxygen atoms in total. The van der Waals surface area contributed by atoms with Crippen molar-refractivity contribution < 1.29 is 0 Å². The summed E-state index contributed by atoms with van der Waals surface area (Å²) in [6.45, 7) is 0. The molecule has 0 unspecified atom stereocenters. The monoisotopic (exact) mass is 424 g/mol. The zero-order valence-corrected chi connectivity index (χ0v) is 16.7. The molecule has 5 rings (SSSR count). The van der Waals surface area contributed by atoms with Crippen molar-refractivity contribution in [1.82, 2.24) is 9.97 Å². The molecule has 3 heteroatoms. The Morgan fingerprint density at radius 2 is 1.32 bits per heavy atom. The van der Waals surface area contributed by atoms with E-state index < -0.39 is 0 Å². The van der Waals surface area contributed by atoms with Crippen LogP contribution in [0.4, 0.5) is 0 Å². The van der Waals surface area contributed by atoms with Crippen LogP contribution in [0.5, 0.6) is 0 Å². The minimum atomic E-state index is 0.743. The zero-order chi connectivity index (χ0) is 18.9. The van der Waals surface area contributed by atoms with Gasteiger partial charge in [-0.3, -0.25) is 0 Å². The molecule has 1 aromatic heterocycles. The van der Waals surface area contributed by atoms with Gasteiger partial charge in [0, 0.05) is 16.5 Å². The van der Waals surface area contributed by atoms with Gasteiger partial charge in [0.15, 0.2) is 0 Å². The van der Waals surface area contributed by atoms with Crippen LogP contribution in [0.15, 0.2) is 95.5 Å². The van der Waals surface area contributed by atoms with Crippen LogP contribution in [-0.4, -0.2) is 9.97 Å². The van der Waals surface area contributed by atoms with Crippen LogP contribution in [0.2, 0.25) is 0 Å². The molecule has 0 aliphatic heterocycles. The van der Waals surface area contributed by atoms with E-state index in [1.807, 2.05) is 24.3 Å². The highest BCUT2D eigenvalue weighted by Crippen LogP contribution is 2.28. The fourth-order valence-electron chi connectivity index (χ4n) is 3.52. The van der Waals surface area contributed by atoms with Gasteiger partial charge in [-0.1, -0.05) is 76.6 Å². The summed E-state index contributed by atoms with van der Waals surface area (Å²) < 4.78 is 1.08. The summed E-state index contributed by atoms with van der Waals surface area (Å²) in [7, 11) is 0. The molecule has 0 atom stereocenters. The van der Waals surface area contributed by atoms with Crippen LogP contribution in [-0.2, 0) is 6.42 Å². The molecule has 28 heavy (non-hydrogen) atoms. The number of para-hydroxylation sites is 2. The van der Waals surface area contributed by atoms with Gasteiger partial charge in [0.2, 0.25) is 0 Å². The van der Waals surface area contributed by atoms with Gasteiger partial charge in [0.25, 0.3) is 0 Å². The van der Waals surface area contributed by atoms with Crippen LogP contribution < -0.4 is 0 Å². The molecular formula is C25H17BrN2. The van der Waals surface area contributed by atoms with Crippen molar-refractivity contribution in [2.45, 2.75) is 6.42 Å². The van der Waals surface area contributed by atoms with Gasteiger partial charge in [-0.15, -0.1) is 0 Å². The maximum Gasteiger partial charge on any atom is 0.0928 e. The highest BCUT2D eigenvalue weighted by molar-refractivity contribution is 9.10. The van der Waals surface area contributed by atoms with E-state index in [2.05, 4.69) is 82.7 Å². The predicted octanol–water partition coefficient (Wildman–Crippen LogP) is 6.80. The van der Waals surface area contributed by atoms with E-state index in [0.29, 0.717) is 0 Å². The van der Waals surface area contributed by atoms with Gasteiger partial charge in [-0.25, -0.2) is 9.97 Å². The van der Waals surface area contributed by atoms with E-state index in [1.54, 1.807) is 0 Å². The lowest BCUT2D eigenvalue weighted by Gasteiger charge is -2.11. The summed E-state index contributed by atoms with van der Waals surface area (Å²) in [5.41, 5.74) is 6.12. The first-order chi connectivity index (χ1) is 13.8. The van der Waals surface area contributed by atoms with Crippen molar-refractivity contribution in [3.05, 3.63) is 107 Å². The summed E-state index contributed by atoms with van der Waals surface area (Å²) in [5, 5.41) is 2.44. The Balaban J connectivity index is 1.69. The first-order valence-corrected chi connectivity index (χ1v) is 10.0. The lowest BCUT2D eigenvalue weighted by Crippen LogP contribution is -2.00. The standard InChI is InChI=1S/C25H17BrN2/c26-21-13-9-17(10-14-21)15-24-25(28-23-8-4-3-7-22(23)27-24)20-12-11-18-5-1-2-6-19(18)16-20/h1-14,16H,15H2. The molecule has 0 aliphatic rings. The SMILES string of the molecule is Brc1ccc(Cc2nc3ccccc3nc2-c2ccc3ccccc3c2)cc1. The largest absolute Gasteiger partial charge is 0.249 e. The fourth-order valence-corrected chi connectivity index (χ4v) is 3.79. The van der Waals surface area contributed by atoms with E-state index in [4.69, 9.17) is 9.97 Å². The molecule has 0 spiro atoms. The van der Waals surface area contributed by atoms with Crippen molar-refractivity contribution in [3.63, 3.8) is 0 Å². The lowest BCUT2D eigenvalue weighted by atomic mass is 10.0. The lowest BCUT2D eigenvalue weighted by molar-refractivity contribution is 1.07. The first-order valence-electron chi connectivity index (χ1n) is 9.25. The maximum absolute atomic E-state index is 4.99. The van der Waals surface area contributed by atoms with E-state index in [9.17, 15) is 0 Å². The number of fused-ring (bicyclic) bond motifs is 2. The molecule has 0 radical (unpaired) electrons. The third kappa shape index (κ3) is 3.30. The number of hydrogen-bond donors (Lipinski definition) is 0. The minimum absolute atomic E-state index is 0.743. The summed E-state index contributed by atoms with van der Waals surface area (Å²) in [6.07, 6.45) is 0.743. The van der Waals surface area contributed by atoms with Gasteiger partial charge in [-0.2, -0.15) is 0 Å². The molecule has 134 valence electrons. The quantitative estimate of drug-likeness (QED) is 0.318. The fraction of sp³-hybridized carbons (Fsp3) is 0.0400. The molecule has 1 heterocycles. The summed E-state index contributed by atoms with van der Waals surface area (Å²) >= 11 is 3.51. The second-order valence-electron chi connectivity index (χ2n) is 6.87. The zero-order valence-electron chi connectivity index (χ0n) is 15.1. The van der Waals surface area contributed by atoms with Crippen molar-refractivity contribution in [1.29, 1.82) is 0 Å². The molecule has 4 aromatic carbocycles. The van der Waals surface area contributed by atoms with Crippen molar-refractivity contribution in [2.24, 2.45) is 0 Å². The van der Waals surface area contributed by atoms with E-state index in [0.717, 1.165) is 38.9 Å². The van der Waals surface area contributed by atoms with Crippen LogP contribution in [0, 0.1) is 0 Å². The van der Waals surface area contributed by atoms with Crippen LogP contribution in [0.1, 0.15) is 11.3 Å². The number of halogens is 1. The molecular weight excluding hydrogens is 408 g/mol. The van der Waals surface area contributed by atoms with Gasteiger partial charge < -0.3 is 0 Å². The smallest absolute Gasteiger partial charge is 0.0928 e.